The maximum absolute atomic E-state index is 13.6. The van der Waals surface area contributed by atoms with Crippen molar-refractivity contribution < 1.29 is 14.3 Å². The van der Waals surface area contributed by atoms with Gasteiger partial charge in [0.2, 0.25) is 5.91 Å². The first-order valence-corrected chi connectivity index (χ1v) is 12.4. The molecule has 1 atom stereocenters. The Morgan fingerprint density at radius 2 is 1.86 bits per heavy atom. The Bertz CT molecular complexity index is 1590. The van der Waals surface area contributed by atoms with Crippen LogP contribution in [0.1, 0.15) is 21.6 Å². The third-order valence-corrected chi connectivity index (χ3v) is 7.19. The molecule has 0 bridgehead atoms. The summed E-state index contributed by atoms with van der Waals surface area (Å²) in [5, 5.41) is 2.02. The zero-order chi connectivity index (χ0) is 25.4. The molecule has 2 amide bonds. The first-order valence-electron chi connectivity index (χ1n) is 12.4. The number of carbonyl (C=O) groups excluding carboxylic acids is 2. The fourth-order valence-corrected chi connectivity index (χ4v) is 5.30. The van der Waals surface area contributed by atoms with E-state index in [1.165, 1.54) is 0 Å². The summed E-state index contributed by atoms with van der Waals surface area (Å²) in [5.41, 5.74) is 4.57. The van der Waals surface area contributed by atoms with Gasteiger partial charge >= 0.3 is 0 Å². The largest absolute Gasteiger partial charge is 0.497 e. The number of amides is 2. The summed E-state index contributed by atoms with van der Waals surface area (Å²) in [7, 11) is 1.62. The van der Waals surface area contributed by atoms with E-state index in [0.29, 0.717) is 25.2 Å². The number of carbonyl (C=O) groups is 2. The summed E-state index contributed by atoms with van der Waals surface area (Å²) in [4.78, 5) is 37.3. The summed E-state index contributed by atoms with van der Waals surface area (Å²) in [6.07, 6.45) is 2.59. The average molecular weight is 493 g/mol. The Labute approximate surface area is 214 Å². The van der Waals surface area contributed by atoms with Crippen molar-refractivity contribution in [1.82, 2.24) is 19.8 Å². The highest BCUT2D eigenvalue weighted by Gasteiger charge is 2.35. The molecule has 0 spiro atoms. The number of ether oxygens (including phenoxy) is 1. The van der Waals surface area contributed by atoms with Crippen LogP contribution in [0.3, 0.4) is 0 Å². The second-order valence-corrected chi connectivity index (χ2v) is 9.55. The smallest absolute Gasteiger partial charge is 0.270 e. The number of methoxy groups -OCH3 is 1. The molecule has 0 aliphatic carbocycles. The van der Waals surface area contributed by atoms with E-state index >= 15 is 0 Å². The first kappa shape index (κ1) is 22.9. The van der Waals surface area contributed by atoms with Gasteiger partial charge in [0.15, 0.2) is 0 Å². The highest BCUT2D eigenvalue weighted by Crippen LogP contribution is 2.26. The van der Waals surface area contributed by atoms with Crippen molar-refractivity contribution in [3.05, 3.63) is 102 Å². The highest BCUT2D eigenvalue weighted by molar-refractivity contribution is 6.00. The fourth-order valence-electron chi connectivity index (χ4n) is 5.30. The second kappa shape index (κ2) is 9.50. The lowest BCUT2D eigenvalue weighted by Gasteiger charge is -2.41. The minimum absolute atomic E-state index is 0.0452. The molecular formula is C30H28N4O3. The predicted molar refractivity (Wildman–Crippen MR) is 144 cm³/mol. The van der Waals surface area contributed by atoms with Gasteiger partial charge in [-0.3, -0.25) is 9.59 Å². The van der Waals surface area contributed by atoms with Crippen molar-refractivity contribution in [2.45, 2.75) is 19.0 Å². The van der Waals surface area contributed by atoms with Gasteiger partial charge in [-0.2, -0.15) is 0 Å². The van der Waals surface area contributed by atoms with Crippen molar-refractivity contribution >= 4 is 33.6 Å². The number of fused-ring (bicyclic) bond motifs is 2. The molecule has 1 aliphatic heterocycles. The lowest BCUT2D eigenvalue weighted by Crippen LogP contribution is -2.58. The number of nitrogens with one attached hydrogen (secondary N) is 2. The molecule has 0 unspecified atom stereocenters. The van der Waals surface area contributed by atoms with Crippen LogP contribution in [-0.4, -0.2) is 57.8 Å². The number of hydrogen-bond donors (Lipinski definition) is 2. The van der Waals surface area contributed by atoms with Gasteiger partial charge in [-0.15, -0.1) is 0 Å². The molecule has 3 heterocycles. The third kappa shape index (κ3) is 4.44. The molecule has 7 nitrogen and oxygen atoms in total. The summed E-state index contributed by atoms with van der Waals surface area (Å²) in [6, 6.07) is 25.6. The van der Waals surface area contributed by atoms with Gasteiger partial charge in [0.05, 0.1) is 18.7 Å². The Balaban J connectivity index is 1.29. The van der Waals surface area contributed by atoms with Gasteiger partial charge in [-0.05, 0) is 53.3 Å². The number of piperazine rings is 1. The third-order valence-electron chi connectivity index (χ3n) is 7.19. The van der Waals surface area contributed by atoms with Crippen molar-refractivity contribution in [3.8, 4) is 5.75 Å². The second-order valence-electron chi connectivity index (χ2n) is 9.55. The van der Waals surface area contributed by atoms with Crippen LogP contribution in [-0.2, 0) is 17.8 Å². The summed E-state index contributed by atoms with van der Waals surface area (Å²) in [6.45, 7) is 0.991. The topological polar surface area (TPSA) is 81.4 Å². The molecule has 37 heavy (non-hydrogen) atoms. The fraction of sp³-hybridized carbons (Fsp3) is 0.200. The molecule has 1 saturated heterocycles. The van der Waals surface area contributed by atoms with Gasteiger partial charge in [-0.1, -0.05) is 48.5 Å². The van der Waals surface area contributed by atoms with Crippen LogP contribution in [0.25, 0.3) is 21.8 Å². The minimum atomic E-state index is -0.173. The molecule has 1 aliphatic rings. The minimum Gasteiger partial charge on any atom is -0.497 e. The molecule has 7 heteroatoms. The van der Waals surface area contributed by atoms with E-state index in [0.717, 1.165) is 38.7 Å². The predicted octanol–water partition coefficient (Wildman–Crippen LogP) is 4.75. The lowest BCUT2D eigenvalue weighted by atomic mass is 10.00. The number of para-hydroxylation sites is 1. The van der Waals surface area contributed by atoms with Gasteiger partial charge in [0.25, 0.3) is 5.91 Å². The number of aromatic nitrogens is 2. The molecule has 186 valence electrons. The molecule has 0 saturated carbocycles. The van der Waals surface area contributed by atoms with Crippen LogP contribution >= 0.6 is 0 Å². The number of H-pyrrole nitrogens is 2. The number of hydrogen-bond acceptors (Lipinski definition) is 3. The van der Waals surface area contributed by atoms with Crippen molar-refractivity contribution in [3.63, 3.8) is 0 Å². The summed E-state index contributed by atoms with van der Waals surface area (Å²) < 4.78 is 5.31. The van der Waals surface area contributed by atoms with Crippen LogP contribution < -0.4 is 4.74 Å². The highest BCUT2D eigenvalue weighted by atomic mass is 16.5. The van der Waals surface area contributed by atoms with E-state index in [9.17, 15) is 9.59 Å². The lowest BCUT2D eigenvalue weighted by molar-refractivity contribution is -0.139. The van der Waals surface area contributed by atoms with E-state index in [-0.39, 0.29) is 24.4 Å². The van der Waals surface area contributed by atoms with Crippen LogP contribution in [0.2, 0.25) is 0 Å². The SMILES string of the molecule is COc1ccc2[nH]c(C(=O)N3CC(=O)N(Cc4cccc5cc[nH]c45)[C@@H](Cc4ccccc4)C3)cc2c1. The molecule has 5 aromatic rings. The standard InChI is InChI=1S/C30H28N4O3/c1-37-25-10-11-26-23(15-25)16-27(32-26)30(36)33-18-24(14-20-6-3-2-4-7-20)34(28(35)19-33)17-22-9-5-8-21-12-13-31-29(21)22/h2-13,15-16,24,31-32H,14,17-19H2,1H3/t24-/m0/s1. The van der Waals surface area contributed by atoms with E-state index < -0.39 is 0 Å². The summed E-state index contributed by atoms with van der Waals surface area (Å²) in [5.74, 6) is 0.504. The number of nitrogens with zero attached hydrogens (tertiary/aromatic N) is 2. The van der Waals surface area contributed by atoms with Gasteiger partial charge in [0.1, 0.15) is 18.0 Å². The Hall–Kier alpha value is -4.52. The first-order chi connectivity index (χ1) is 18.1. The van der Waals surface area contributed by atoms with Crippen LogP contribution in [0.15, 0.2) is 85.1 Å². The van der Waals surface area contributed by atoms with E-state index in [2.05, 4.69) is 34.2 Å². The van der Waals surface area contributed by atoms with E-state index in [1.54, 1.807) is 12.0 Å². The summed E-state index contributed by atoms with van der Waals surface area (Å²) >= 11 is 0. The maximum Gasteiger partial charge on any atom is 0.270 e. The Morgan fingerprint density at radius 3 is 2.70 bits per heavy atom. The average Bonchev–Trinajstić information content (AvgIpc) is 3.57. The molecule has 2 N–H and O–H groups in total. The molecule has 6 rings (SSSR count). The Morgan fingerprint density at radius 1 is 1.00 bits per heavy atom. The number of benzene rings is 3. The number of aromatic amines is 2. The van der Waals surface area contributed by atoms with Crippen molar-refractivity contribution in [1.29, 1.82) is 0 Å². The molecule has 2 aromatic heterocycles. The van der Waals surface area contributed by atoms with E-state index in [1.807, 2.05) is 65.7 Å². The maximum atomic E-state index is 13.6. The van der Waals surface area contributed by atoms with Gasteiger partial charge < -0.3 is 24.5 Å². The van der Waals surface area contributed by atoms with Gasteiger partial charge in [0, 0.05) is 30.2 Å². The Kier molecular flexibility index (Phi) is 5.88. The van der Waals surface area contributed by atoms with Crippen molar-refractivity contribution in [2.24, 2.45) is 0 Å². The molecular weight excluding hydrogens is 464 g/mol. The van der Waals surface area contributed by atoms with Crippen LogP contribution in [0.4, 0.5) is 0 Å². The quantitative estimate of drug-likeness (QED) is 0.359. The van der Waals surface area contributed by atoms with Crippen LogP contribution in [0, 0.1) is 0 Å². The zero-order valence-corrected chi connectivity index (χ0v) is 20.6. The molecule has 1 fully saturated rings. The molecule has 3 aromatic carbocycles. The molecule has 0 radical (unpaired) electrons. The monoisotopic (exact) mass is 492 g/mol. The zero-order valence-electron chi connectivity index (χ0n) is 20.6. The normalized spacial score (nSPS) is 16.0. The van der Waals surface area contributed by atoms with E-state index in [4.69, 9.17) is 4.74 Å². The number of rotatable bonds is 6. The van der Waals surface area contributed by atoms with Crippen molar-refractivity contribution in [2.75, 3.05) is 20.2 Å². The van der Waals surface area contributed by atoms with Gasteiger partial charge in [-0.25, -0.2) is 0 Å². The van der Waals surface area contributed by atoms with Crippen LogP contribution in [0.5, 0.6) is 5.75 Å².